The number of hydrogen-bond donors (Lipinski definition) is 0. The van der Waals surface area contributed by atoms with Crippen molar-refractivity contribution in [1.29, 1.82) is 0 Å². The lowest BCUT2D eigenvalue weighted by Crippen LogP contribution is -2.77. The number of alkyl halides is 1. The summed E-state index contributed by atoms with van der Waals surface area (Å²) in [6, 6.07) is 0. The summed E-state index contributed by atoms with van der Waals surface area (Å²) in [5, 5.41) is 0.443. The zero-order valence-corrected chi connectivity index (χ0v) is 20.8. The first-order valence-corrected chi connectivity index (χ1v) is 12.4. The molecule has 0 N–H and O–H groups in total. The molecule has 2 aliphatic heterocycles. The van der Waals surface area contributed by atoms with Gasteiger partial charge in [-0.15, -0.1) is 6.58 Å². The van der Waals surface area contributed by atoms with E-state index in [-0.39, 0.29) is 34.7 Å². The largest absolute Gasteiger partial charge is 0.458 e. The van der Waals surface area contributed by atoms with Crippen LogP contribution in [0.15, 0.2) is 12.7 Å². The maximum absolute atomic E-state index is 12.3. The van der Waals surface area contributed by atoms with Crippen molar-refractivity contribution < 1.29 is 28.5 Å². The molecule has 174 valence electrons. The van der Waals surface area contributed by atoms with Crippen LogP contribution in [0.5, 0.6) is 0 Å². The van der Waals surface area contributed by atoms with E-state index in [0.717, 1.165) is 19.3 Å². The third kappa shape index (κ3) is 3.33. The van der Waals surface area contributed by atoms with Crippen LogP contribution in [0.1, 0.15) is 60.3 Å². The Kier molecular flexibility index (Phi) is 5.67. The van der Waals surface area contributed by atoms with Gasteiger partial charge in [-0.3, -0.25) is 9.59 Å². The van der Waals surface area contributed by atoms with E-state index >= 15 is 0 Å². The summed E-state index contributed by atoms with van der Waals surface area (Å²) in [5.74, 6) is -0.762. The third-order valence-corrected chi connectivity index (χ3v) is 9.26. The standard InChI is InChI=1S/C24H35BrO6/c1-7-22(6)11-16-18-23(13-28-16)10-8-9-21(4,5)19(23)17(29-14(2)26)20(30-15(3)27)24(18,12-25)31-22/h7,16-20H,1,8-13H2,2-6H3/t16-,17-,18+,19-,20-,22-,23-,24-/m0/s1. The van der Waals surface area contributed by atoms with Gasteiger partial charge >= 0.3 is 11.9 Å². The molecule has 0 aromatic rings. The molecule has 0 amide bonds. The second-order valence-electron chi connectivity index (χ2n) is 10.9. The van der Waals surface area contributed by atoms with E-state index in [1.165, 1.54) is 13.8 Å². The molecule has 2 heterocycles. The molecule has 4 rings (SSSR count). The highest BCUT2D eigenvalue weighted by molar-refractivity contribution is 9.09. The van der Waals surface area contributed by atoms with E-state index in [1.54, 1.807) is 0 Å². The average molecular weight is 499 g/mol. The molecule has 1 spiro atoms. The Labute approximate surface area is 193 Å². The van der Waals surface area contributed by atoms with Crippen LogP contribution in [0.25, 0.3) is 0 Å². The van der Waals surface area contributed by atoms with E-state index in [4.69, 9.17) is 18.9 Å². The molecule has 0 unspecified atom stereocenters. The molecule has 7 heteroatoms. The lowest BCUT2D eigenvalue weighted by atomic mass is 9.43. The van der Waals surface area contributed by atoms with Crippen molar-refractivity contribution >= 4 is 27.9 Å². The number of hydrogen-bond acceptors (Lipinski definition) is 6. The summed E-state index contributed by atoms with van der Waals surface area (Å²) >= 11 is 3.73. The first kappa shape index (κ1) is 23.2. The molecule has 2 aliphatic carbocycles. The molecule has 4 aliphatic rings. The Morgan fingerprint density at radius 3 is 2.39 bits per heavy atom. The minimum atomic E-state index is -0.891. The Morgan fingerprint density at radius 2 is 1.81 bits per heavy atom. The summed E-state index contributed by atoms with van der Waals surface area (Å²) in [7, 11) is 0. The Balaban J connectivity index is 1.96. The second kappa shape index (κ2) is 7.56. The minimum absolute atomic E-state index is 0.000798. The molecule has 2 saturated carbocycles. The van der Waals surface area contributed by atoms with Crippen LogP contribution in [0.4, 0.5) is 0 Å². The Bertz CT molecular complexity index is 782. The summed E-state index contributed by atoms with van der Waals surface area (Å²) in [6.45, 7) is 13.9. The number of rotatable bonds is 4. The molecule has 0 aromatic carbocycles. The maximum atomic E-state index is 12.3. The lowest BCUT2D eigenvalue weighted by molar-refractivity contribution is -0.317. The van der Waals surface area contributed by atoms with E-state index < -0.39 is 29.4 Å². The number of ether oxygens (including phenoxy) is 4. The van der Waals surface area contributed by atoms with Crippen LogP contribution >= 0.6 is 15.9 Å². The lowest BCUT2D eigenvalue weighted by Gasteiger charge is -2.67. The number of carbonyl (C=O) groups excluding carboxylic acids is 2. The highest BCUT2D eigenvalue weighted by Crippen LogP contribution is 2.69. The van der Waals surface area contributed by atoms with Crippen molar-refractivity contribution in [2.75, 3.05) is 11.9 Å². The van der Waals surface area contributed by atoms with Crippen molar-refractivity contribution in [3.05, 3.63) is 12.7 Å². The second-order valence-corrected chi connectivity index (χ2v) is 11.5. The smallest absolute Gasteiger partial charge is 0.303 e. The molecule has 0 bridgehead atoms. The van der Waals surface area contributed by atoms with Gasteiger partial charge in [0.1, 0.15) is 11.7 Å². The van der Waals surface area contributed by atoms with E-state index in [9.17, 15) is 9.59 Å². The van der Waals surface area contributed by atoms with Crippen LogP contribution in [-0.2, 0) is 28.5 Å². The summed E-state index contributed by atoms with van der Waals surface area (Å²) in [4.78, 5) is 24.6. The molecule has 8 atom stereocenters. The molecule has 0 aromatic heterocycles. The van der Waals surface area contributed by atoms with Gasteiger partial charge in [0.15, 0.2) is 6.10 Å². The molecular formula is C24H35BrO6. The first-order valence-electron chi connectivity index (χ1n) is 11.3. The SMILES string of the molecule is C=C[C@@]1(C)C[C@@H]2OC[C@]34CCCC(C)(C)[C@@H]3[C@H](OC(C)=O)[C@H](OC(C)=O)[C@@](CBr)(O1)[C@H]24. The normalized spacial score (nSPS) is 47.6. The first-order chi connectivity index (χ1) is 14.4. The Morgan fingerprint density at radius 1 is 1.13 bits per heavy atom. The van der Waals surface area contributed by atoms with Crippen molar-refractivity contribution in [3.63, 3.8) is 0 Å². The zero-order valence-electron chi connectivity index (χ0n) is 19.2. The van der Waals surface area contributed by atoms with E-state index in [2.05, 4.69) is 36.4 Å². The summed E-state index contributed by atoms with van der Waals surface area (Å²) in [6.07, 6.45) is 4.21. The molecule has 4 fully saturated rings. The van der Waals surface area contributed by atoms with E-state index in [0.29, 0.717) is 18.4 Å². The maximum Gasteiger partial charge on any atom is 0.303 e. The fourth-order valence-corrected chi connectivity index (χ4v) is 8.43. The molecular weight excluding hydrogens is 464 g/mol. The molecule has 2 saturated heterocycles. The van der Waals surface area contributed by atoms with Crippen LogP contribution in [0.3, 0.4) is 0 Å². The van der Waals surface area contributed by atoms with Crippen LogP contribution < -0.4 is 0 Å². The highest BCUT2D eigenvalue weighted by atomic mass is 79.9. The van der Waals surface area contributed by atoms with Crippen molar-refractivity contribution in [2.24, 2.45) is 22.7 Å². The van der Waals surface area contributed by atoms with Gasteiger partial charge in [0, 0.05) is 42.8 Å². The van der Waals surface area contributed by atoms with Crippen LogP contribution in [0.2, 0.25) is 0 Å². The number of halogens is 1. The minimum Gasteiger partial charge on any atom is -0.458 e. The van der Waals surface area contributed by atoms with Crippen molar-refractivity contribution in [2.45, 2.75) is 89.8 Å². The fourth-order valence-electron chi connectivity index (χ4n) is 7.65. The summed E-state index contributed by atoms with van der Waals surface area (Å²) in [5.41, 5.74) is -1.85. The fraction of sp³-hybridized carbons (Fsp3) is 0.833. The van der Waals surface area contributed by atoms with Gasteiger partial charge in [0.2, 0.25) is 0 Å². The molecule has 31 heavy (non-hydrogen) atoms. The summed E-state index contributed by atoms with van der Waals surface area (Å²) < 4.78 is 25.4. The van der Waals surface area contributed by atoms with Crippen molar-refractivity contribution in [3.8, 4) is 0 Å². The van der Waals surface area contributed by atoms with Gasteiger partial charge in [-0.2, -0.15) is 0 Å². The van der Waals surface area contributed by atoms with E-state index in [1.807, 2.05) is 13.0 Å². The topological polar surface area (TPSA) is 71.1 Å². The van der Waals surface area contributed by atoms with Crippen molar-refractivity contribution in [1.82, 2.24) is 0 Å². The van der Waals surface area contributed by atoms with Gasteiger partial charge in [-0.25, -0.2) is 0 Å². The van der Waals surface area contributed by atoms with Gasteiger partial charge in [-0.05, 0) is 25.2 Å². The number of carbonyl (C=O) groups is 2. The van der Waals surface area contributed by atoms with Crippen LogP contribution in [0, 0.1) is 22.7 Å². The predicted molar refractivity (Wildman–Crippen MR) is 119 cm³/mol. The predicted octanol–water partition coefficient (Wildman–Crippen LogP) is 4.19. The highest BCUT2D eigenvalue weighted by Gasteiger charge is 2.77. The molecule has 0 radical (unpaired) electrons. The van der Waals surface area contributed by atoms with Crippen LogP contribution in [-0.4, -0.2) is 53.4 Å². The third-order valence-electron chi connectivity index (χ3n) is 8.38. The van der Waals surface area contributed by atoms with Gasteiger partial charge in [0.05, 0.1) is 18.3 Å². The average Bonchev–Trinajstić information content (AvgIpc) is 3.02. The Hall–Kier alpha value is -0.920. The zero-order chi connectivity index (χ0) is 22.8. The molecule has 6 nitrogen and oxygen atoms in total. The van der Waals surface area contributed by atoms with Gasteiger partial charge in [-0.1, -0.05) is 42.3 Å². The number of esters is 2. The van der Waals surface area contributed by atoms with Gasteiger partial charge < -0.3 is 18.9 Å². The quantitative estimate of drug-likeness (QED) is 0.328. The van der Waals surface area contributed by atoms with Gasteiger partial charge in [0.25, 0.3) is 0 Å². The monoisotopic (exact) mass is 498 g/mol.